The molecule has 0 saturated carbocycles. The van der Waals surface area contributed by atoms with Crippen LogP contribution in [0.3, 0.4) is 0 Å². The molecule has 2 aliphatic heterocycles. The molecule has 5 N–H and O–H groups in total. The Morgan fingerprint density at radius 1 is 1.28 bits per heavy atom. The van der Waals surface area contributed by atoms with E-state index < -0.39 is 36.8 Å². The minimum absolute atomic E-state index is 0.00735. The van der Waals surface area contributed by atoms with Gasteiger partial charge in [0, 0.05) is 68.3 Å². The van der Waals surface area contributed by atoms with Crippen LogP contribution in [0, 0.1) is 17.1 Å². The van der Waals surface area contributed by atoms with Crippen LogP contribution in [0.25, 0.3) is 22.2 Å². The monoisotopic (exact) mass is 674 g/mol. The summed E-state index contributed by atoms with van der Waals surface area (Å²) in [5, 5.41) is 14.7. The summed E-state index contributed by atoms with van der Waals surface area (Å²) in [6.07, 6.45) is 3.65. The molecule has 0 aliphatic carbocycles. The average molecular weight is 675 g/mol. The fraction of sp³-hybridized carbons (Fsp3) is 0.567. The van der Waals surface area contributed by atoms with Crippen molar-refractivity contribution >= 4 is 30.8 Å². The van der Waals surface area contributed by atoms with Gasteiger partial charge in [-0.2, -0.15) is 5.26 Å². The first-order valence-corrected chi connectivity index (χ1v) is 17.1. The number of nitriles is 1. The number of fused-ring (bicyclic) bond motifs is 1. The number of aromatic nitrogens is 4. The van der Waals surface area contributed by atoms with Gasteiger partial charge in [0.05, 0.1) is 41.8 Å². The Labute approximate surface area is 271 Å². The van der Waals surface area contributed by atoms with E-state index in [0.29, 0.717) is 62.5 Å². The summed E-state index contributed by atoms with van der Waals surface area (Å²) in [4.78, 5) is 50.8. The molecule has 3 aromatic rings. The zero-order valence-electron chi connectivity index (χ0n) is 26.6. The lowest BCUT2D eigenvalue weighted by Crippen LogP contribution is -2.58. The van der Waals surface area contributed by atoms with E-state index in [9.17, 15) is 24.4 Å². The fourth-order valence-electron chi connectivity index (χ4n) is 6.21. The number of urea groups is 1. The number of halogens is 1. The van der Waals surface area contributed by atoms with Gasteiger partial charge in [-0.25, -0.2) is 28.7 Å². The van der Waals surface area contributed by atoms with Crippen LogP contribution in [0.2, 0.25) is 0 Å². The van der Waals surface area contributed by atoms with Crippen molar-refractivity contribution in [2.24, 2.45) is 0 Å². The molecule has 2 aromatic heterocycles. The zero-order chi connectivity index (χ0) is 33.8. The normalized spacial score (nSPS) is 19.0. The molecule has 0 radical (unpaired) electrons. The van der Waals surface area contributed by atoms with E-state index in [0.717, 1.165) is 6.42 Å². The standard InChI is InChI=1S/C30H40FN8O7P/c1-4-33-28(40)38-27-36-21-15-20(24(31)23(25(21)37-27)22-7-5-12-45-22)19-16-34-26(35-17-19)29(2,3)30(8-6-9-32,46-47(41,42)43)18-39-10-13-44-14-11-39/h15-17,22H,4-8,10-14,18H2,1-3H3,(H2,41,42,43)(H3,33,36,37,38,40)/t22-,30?/m1/s1. The third kappa shape index (κ3) is 7.62. The molecular formula is C30H40FN8O7P. The molecule has 0 bridgehead atoms. The van der Waals surface area contributed by atoms with Crippen LogP contribution in [-0.2, 0) is 24.0 Å². The van der Waals surface area contributed by atoms with Gasteiger partial charge in [-0.3, -0.25) is 14.7 Å². The lowest BCUT2D eigenvalue weighted by Gasteiger charge is -2.47. The third-order valence-corrected chi connectivity index (χ3v) is 9.33. The number of imidazole rings is 1. The number of nitrogens with one attached hydrogen (secondary N) is 3. The fourth-order valence-corrected chi connectivity index (χ4v) is 7.04. The summed E-state index contributed by atoms with van der Waals surface area (Å²) < 4.78 is 45.6. The molecular weight excluding hydrogens is 634 g/mol. The number of morpholine rings is 1. The zero-order valence-corrected chi connectivity index (χ0v) is 27.5. The number of nitrogens with zero attached hydrogens (tertiary/aromatic N) is 5. The number of H-pyrrole nitrogens is 1. The maximum Gasteiger partial charge on any atom is 0.470 e. The number of ether oxygens (including phenoxy) is 2. The predicted molar refractivity (Wildman–Crippen MR) is 169 cm³/mol. The molecule has 2 fully saturated rings. The molecule has 5 rings (SSSR count). The summed E-state index contributed by atoms with van der Waals surface area (Å²) in [6.45, 7) is 8.10. The van der Waals surface area contributed by atoms with Crippen LogP contribution in [0.5, 0.6) is 0 Å². The number of benzene rings is 1. The molecule has 17 heteroatoms. The van der Waals surface area contributed by atoms with E-state index in [-0.39, 0.29) is 42.3 Å². The number of amides is 2. The Bertz CT molecular complexity index is 1660. The number of hydrogen-bond donors (Lipinski definition) is 5. The third-order valence-electron chi connectivity index (χ3n) is 8.75. The molecule has 15 nitrogen and oxygen atoms in total. The van der Waals surface area contributed by atoms with Crippen molar-refractivity contribution in [3.8, 4) is 17.2 Å². The number of aromatic amines is 1. The second kappa shape index (κ2) is 14.3. The summed E-state index contributed by atoms with van der Waals surface area (Å²) in [6, 6.07) is 3.17. The molecule has 1 unspecified atom stereocenters. The van der Waals surface area contributed by atoms with Crippen LogP contribution in [0.15, 0.2) is 18.5 Å². The van der Waals surface area contributed by atoms with E-state index in [1.54, 1.807) is 26.8 Å². The Morgan fingerprint density at radius 3 is 2.62 bits per heavy atom. The van der Waals surface area contributed by atoms with Crippen molar-refractivity contribution in [1.82, 2.24) is 30.2 Å². The Morgan fingerprint density at radius 2 is 2.00 bits per heavy atom. The minimum atomic E-state index is -5.05. The Balaban J connectivity index is 1.55. The van der Waals surface area contributed by atoms with E-state index in [4.69, 9.17) is 14.0 Å². The van der Waals surface area contributed by atoms with Gasteiger partial charge in [-0.15, -0.1) is 0 Å². The number of phosphoric acid groups is 1. The number of carbonyl (C=O) groups is 1. The average Bonchev–Trinajstić information content (AvgIpc) is 3.69. The second-order valence-corrected chi connectivity index (χ2v) is 13.3. The van der Waals surface area contributed by atoms with E-state index in [1.165, 1.54) is 12.4 Å². The highest BCUT2D eigenvalue weighted by atomic mass is 31.2. The molecule has 47 heavy (non-hydrogen) atoms. The summed E-state index contributed by atoms with van der Waals surface area (Å²) in [5.74, 6) is -0.220. The quantitative estimate of drug-likeness (QED) is 0.173. The highest BCUT2D eigenvalue weighted by molar-refractivity contribution is 7.46. The van der Waals surface area contributed by atoms with Crippen molar-refractivity contribution in [2.45, 2.75) is 63.6 Å². The van der Waals surface area contributed by atoms with Crippen LogP contribution >= 0.6 is 7.82 Å². The highest BCUT2D eigenvalue weighted by Crippen LogP contribution is 2.51. The maximum absolute atomic E-state index is 16.4. The van der Waals surface area contributed by atoms with Gasteiger partial charge in [0.2, 0.25) is 5.95 Å². The van der Waals surface area contributed by atoms with Gasteiger partial charge in [0.15, 0.2) is 0 Å². The molecule has 254 valence electrons. The summed E-state index contributed by atoms with van der Waals surface area (Å²) >= 11 is 0. The van der Waals surface area contributed by atoms with Crippen molar-refractivity contribution in [3.05, 3.63) is 35.7 Å². The van der Waals surface area contributed by atoms with Crippen LogP contribution < -0.4 is 10.6 Å². The minimum Gasteiger partial charge on any atom is -0.379 e. The van der Waals surface area contributed by atoms with Gasteiger partial charge < -0.3 is 29.6 Å². The van der Waals surface area contributed by atoms with Crippen LogP contribution in [0.1, 0.15) is 63.9 Å². The predicted octanol–water partition coefficient (Wildman–Crippen LogP) is 3.91. The first-order valence-electron chi connectivity index (χ1n) is 15.5. The number of anilines is 1. The van der Waals surface area contributed by atoms with Crippen molar-refractivity contribution in [2.75, 3.05) is 51.3 Å². The number of hydrogen-bond acceptors (Lipinski definition) is 10. The first-order chi connectivity index (χ1) is 22.4. The van der Waals surface area contributed by atoms with E-state index in [2.05, 4.69) is 36.6 Å². The molecule has 1 aromatic carbocycles. The smallest absolute Gasteiger partial charge is 0.379 e. The molecule has 2 atom stereocenters. The first kappa shape index (κ1) is 34.8. The molecule has 4 heterocycles. The topological polar surface area (TPSA) is 208 Å². The highest BCUT2D eigenvalue weighted by Gasteiger charge is 2.53. The maximum atomic E-state index is 16.4. The van der Waals surface area contributed by atoms with Crippen molar-refractivity contribution in [3.63, 3.8) is 0 Å². The van der Waals surface area contributed by atoms with Crippen molar-refractivity contribution < 1.29 is 37.5 Å². The van der Waals surface area contributed by atoms with Crippen molar-refractivity contribution in [1.29, 1.82) is 5.26 Å². The molecule has 2 amide bonds. The molecule has 0 spiro atoms. The summed E-state index contributed by atoms with van der Waals surface area (Å²) in [5.41, 5.74) is -1.21. The Hall–Kier alpha value is -3.55. The van der Waals surface area contributed by atoms with Gasteiger partial charge in [0.25, 0.3) is 0 Å². The van der Waals surface area contributed by atoms with Gasteiger partial charge in [-0.1, -0.05) is 0 Å². The van der Waals surface area contributed by atoms with Crippen LogP contribution in [-0.4, -0.2) is 92.3 Å². The molecule has 2 saturated heterocycles. The number of phosphoric ester groups is 1. The van der Waals surface area contributed by atoms with Crippen LogP contribution in [0.4, 0.5) is 15.1 Å². The largest absolute Gasteiger partial charge is 0.470 e. The number of rotatable bonds is 12. The number of carbonyl (C=O) groups excluding carboxylic acids is 1. The van der Waals surface area contributed by atoms with E-state index in [1.807, 2.05) is 4.90 Å². The van der Waals surface area contributed by atoms with Gasteiger partial charge in [0.1, 0.15) is 17.2 Å². The SMILES string of the molecule is CCNC(=O)Nc1nc2c([C@H]3CCCO3)c(F)c(-c3cnc(C(C)(C)C(CCC#N)(CN4CCOCC4)OP(=O)(O)O)nc3)cc2[nH]1. The lowest BCUT2D eigenvalue weighted by atomic mass is 9.71. The Kier molecular flexibility index (Phi) is 10.6. The van der Waals surface area contributed by atoms with E-state index >= 15 is 4.39 Å². The second-order valence-electron chi connectivity index (χ2n) is 12.2. The molecule has 2 aliphatic rings. The van der Waals surface area contributed by atoms with Gasteiger partial charge in [-0.05, 0) is 46.1 Å². The lowest BCUT2D eigenvalue weighted by molar-refractivity contribution is -0.0726. The van der Waals surface area contributed by atoms with Gasteiger partial charge >= 0.3 is 13.9 Å². The summed E-state index contributed by atoms with van der Waals surface area (Å²) in [7, 11) is -5.05.